The largest absolute Gasteiger partial charge is 0.504 e. The van der Waals surface area contributed by atoms with Crippen LogP contribution < -0.4 is 16.0 Å². The molecule has 0 spiro atoms. The lowest BCUT2D eigenvalue weighted by atomic mass is 10.0. The van der Waals surface area contributed by atoms with Crippen molar-refractivity contribution < 1.29 is 73.6 Å². The van der Waals surface area contributed by atoms with E-state index in [1.807, 2.05) is 6.92 Å². The fourth-order valence-corrected chi connectivity index (χ4v) is 5.60. The van der Waals surface area contributed by atoms with Gasteiger partial charge in [-0.2, -0.15) is 0 Å². The third kappa shape index (κ3) is 10.6. The van der Waals surface area contributed by atoms with Crippen LogP contribution in [-0.4, -0.2) is 119 Å². The Morgan fingerprint density at radius 2 is 1.12 bits per heavy atom. The number of aromatic nitrogens is 3. The number of carbonyl (C=O) groups is 6. The van der Waals surface area contributed by atoms with Gasteiger partial charge in [-0.05, 0) is 61.2 Å². The molecule has 0 saturated carbocycles. The molecule has 0 bridgehead atoms. The highest BCUT2D eigenvalue weighted by Crippen LogP contribution is 2.32. The standard InChI is InChI=1S/C38H40N6O15/c1-2-3-6-20-15-44(43-42-20)12-11-19-13-23(32(50)29(47)14-19)35(53)41-26-18-59-37(55)24(39-33(51)21-7-4-9-27(45)30(21)48)16-57-36(54)25(17-58-38(26)56)40-34(52)22-8-5-10-28(46)31(22)49/h4-5,7-10,13-15,24-26,45-50H,2-3,6,11-12,16-18H2,1H3,(H,39,51)(H,40,52)(H,41,53)/t24-,25-,26-/m0/s1. The van der Waals surface area contributed by atoms with Gasteiger partial charge in [-0.25, -0.2) is 14.4 Å². The van der Waals surface area contributed by atoms with Crippen molar-refractivity contribution in [2.45, 2.75) is 57.3 Å². The second kappa shape index (κ2) is 19.0. The highest BCUT2D eigenvalue weighted by molar-refractivity contribution is 6.02. The van der Waals surface area contributed by atoms with Crippen molar-refractivity contribution in [3.8, 4) is 34.5 Å². The van der Waals surface area contributed by atoms with Gasteiger partial charge in [0.15, 0.2) is 52.6 Å². The van der Waals surface area contributed by atoms with Crippen LogP contribution >= 0.6 is 0 Å². The Hall–Kier alpha value is -7.58. The minimum atomic E-state index is -1.89. The second-order valence-electron chi connectivity index (χ2n) is 13.2. The third-order valence-corrected chi connectivity index (χ3v) is 8.86. The zero-order valence-electron chi connectivity index (χ0n) is 31.3. The Labute approximate surface area is 334 Å². The number of ether oxygens (including phenoxy) is 3. The van der Waals surface area contributed by atoms with E-state index >= 15 is 0 Å². The van der Waals surface area contributed by atoms with Gasteiger partial charge >= 0.3 is 17.9 Å². The molecule has 1 saturated heterocycles. The maximum absolute atomic E-state index is 13.6. The SMILES string of the molecule is CCCCc1cn(CCc2cc(O)c(O)c(C(=O)N[C@H]3COC(=O)[C@@H](NC(=O)c4cccc(O)c4O)COC(=O)[C@@H](NC(=O)c4cccc(O)c4O)COC3=O)c2)nn1. The molecule has 3 atom stereocenters. The van der Waals surface area contributed by atoms with E-state index in [0.29, 0.717) is 5.56 Å². The highest BCUT2D eigenvalue weighted by Gasteiger charge is 2.35. The number of para-hydroxylation sites is 2. The Morgan fingerprint density at radius 3 is 1.59 bits per heavy atom. The number of amides is 3. The second-order valence-corrected chi connectivity index (χ2v) is 13.2. The Balaban J connectivity index is 1.39. The van der Waals surface area contributed by atoms with E-state index in [2.05, 4.69) is 26.3 Å². The van der Waals surface area contributed by atoms with Crippen LogP contribution in [0.15, 0.2) is 54.7 Å². The molecule has 1 aliphatic rings. The Bertz CT molecular complexity index is 2180. The molecule has 1 aliphatic heterocycles. The maximum atomic E-state index is 13.6. The van der Waals surface area contributed by atoms with Crippen LogP contribution in [-0.2, 0) is 48.0 Å². The molecule has 1 fully saturated rings. The number of aromatic hydroxyl groups is 6. The molecule has 312 valence electrons. The molecule has 59 heavy (non-hydrogen) atoms. The molecule has 4 aromatic rings. The van der Waals surface area contributed by atoms with Gasteiger partial charge in [0.2, 0.25) is 0 Å². The van der Waals surface area contributed by atoms with Crippen molar-refractivity contribution in [1.82, 2.24) is 30.9 Å². The molecule has 21 nitrogen and oxygen atoms in total. The van der Waals surface area contributed by atoms with Crippen LogP contribution in [0.5, 0.6) is 34.5 Å². The first kappa shape index (κ1) is 42.6. The number of phenols is 6. The number of benzene rings is 3. The topological polar surface area (TPSA) is 318 Å². The molecule has 1 aromatic heterocycles. The molecule has 9 N–H and O–H groups in total. The molecular formula is C38H40N6O15. The van der Waals surface area contributed by atoms with Crippen LogP contribution in [0.25, 0.3) is 0 Å². The molecule has 3 amide bonds. The number of nitrogens with one attached hydrogen (secondary N) is 3. The van der Waals surface area contributed by atoms with E-state index < -0.39 is 125 Å². The number of aryl methyl sites for hydroxylation is 3. The van der Waals surface area contributed by atoms with Crippen LogP contribution in [0.4, 0.5) is 0 Å². The lowest BCUT2D eigenvalue weighted by molar-refractivity contribution is -0.160. The molecule has 21 heteroatoms. The van der Waals surface area contributed by atoms with E-state index in [1.54, 1.807) is 10.9 Å². The molecule has 3 aromatic carbocycles. The monoisotopic (exact) mass is 820 g/mol. The summed E-state index contributed by atoms with van der Waals surface area (Å²) in [6, 6.07) is 3.64. The van der Waals surface area contributed by atoms with Crippen LogP contribution in [0.1, 0.15) is 62.1 Å². The number of carbonyl (C=O) groups excluding carboxylic acids is 6. The third-order valence-electron chi connectivity index (χ3n) is 8.86. The predicted octanol–water partition coefficient (Wildman–Crippen LogP) is 0.436. The van der Waals surface area contributed by atoms with E-state index in [1.165, 1.54) is 24.3 Å². The summed E-state index contributed by atoms with van der Waals surface area (Å²) in [5, 5.41) is 76.0. The fourth-order valence-electron chi connectivity index (χ4n) is 5.60. The van der Waals surface area contributed by atoms with E-state index in [-0.39, 0.29) is 13.0 Å². The first-order chi connectivity index (χ1) is 28.2. The number of rotatable bonds is 12. The predicted molar refractivity (Wildman–Crippen MR) is 198 cm³/mol. The fraction of sp³-hybridized carbons (Fsp3) is 0.316. The van der Waals surface area contributed by atoms with Gasteiger partial charge < -0.3 is 60.8 Å². The van der Waals surface area contributed by atoms with Gasteiger partial charge in [-0.1, -0.05) is 30.7 Å². The van der Waals surface area contributed by atoms with Crippen LogP contribution in [0.2, 0.25) is 0 Å². The Kier molecular flexibility index (Phi) is 13.7. The summed E-state index contributed by atoms with van der Waals surface area (Å²) in [7, 11) is 0. The van der Waals surface area contributed by atoms with Crippen molar-refractivity contribution in [2.75, 3.05) is 19.8 Å². The smallest absolute Gasteiger partial charge is 0.332 e. The molecule has 0 radical (unpaired) electrons. The van der Waals surface area contributed by atoms with Gasteiger partial charge in [0.25, 0.3) is 17.7 Å². The summed E-state index contributed by atoms with van der Waals surface area (Å²) in [6.07, 6.45) is 4.61. The zero-order valence-corrected chi connectivity index (χ0v) is 31.3. The summed E-state index contributed by atoms with van der Waals surface area (Å²) in [4.78, 5) is 79.8. The first-order valence-electron chi connectivity index (χ1n) is 18.0. The zero-order chi connectivity index (χ0) is 42.8. The van der Waals surface area contributed by atoms with Crippen LogP contribution in [0, 0.1) is 0 Å². The van der Waals surface area contributed by atoms with Crippen molar-refractivity contribution in [3.63, 3.8) is 0 Å². The molecular weight excluding hydrogens is 780 g/mol. The normalized spacial score (nSPS) is 17.3. The van der Waals surface area contributed by atoms with Gasteiger partial charge in [-0.3, -0.25) is 19.1 Å². The summed E-state index contributed by atoms with van der Waals surface area (Å²) >= 11 is 0. The minimum absolute atomic E-state index is 0.213. The molecule has 0 unspecified atom stereocenters. The van der Waals surface area contributed by atoms with Crippen molar-refractivity contribution in [1.29, 1.82) is 0 Å². The summed E-state index contributed by atoms with van der Waals surface area (Å²) in [5.74, 6) is -12.0. The molecule has 2 heterocycles. The lowest BCUT2D eigenvalue weighted by Crippen LogP contribution is -2.52. The Morgan fingerprint density at radius 1 is 0.661 bits per heavy atom. The average Bonchev–Trinajstić information content (AvgIpc) is 3.67. The maximum Gasteiger partial charge on any atom is 0.332 e. The number of nitrogens with zero attached hydrogens (tertiary/aromatic N) is 3. The first-order valence-corrected chi connectivity index (χ1v) is 18.0. The van der Waals surface area contributed by atoms with E-state index in [9.17, 15) is 59.4 Å². The highest BCUT2D eigenvalue weighted by atomic mass is 16.6. The van der Waals surface area contributed by atoms with Gasteiger partial charge in [0.1, 0.15) is 19.8 Å². The quantitative estimate of drug-likeness (QED) is 0.0532. The van der Waals surface area contributed by atoms with Gasteiger partial charge in [0.05, 0.1) is 22.4 Å². The number of cyclic esters (lactones) is 3. The summed E-state index contributed by atoms with van der Waals surface area (Å²) < 4.78 is 17.2. The number of esters is 3. The number of hydrogen-bond acceptors (Lipinski definition) is 17. The average molecular weight is 821 g/mol. The van der Waals surface area contributed by atoms with Crippen molar-refractivity contribution in [2.24, 2.45) is 0 Å². The van der Waals surface area contributed by atoms with Crippen molar-refractivity contribution in [3.05, 3.63) is 82.7 Å². The summed E-state index contributed by atoms with van der Waals surface area (Å²) in [5.41, 5.74) is -0.333. The number of hydrogen-bond donors (Lipinski definition) is 9. The summed E-state index contributed by atoms with van der Waals surface area (Å²) in [6.45, 7) is -0.589. The number of phenolic OH excluding ortho intramolecular Hbond substituents is 6. The minimum Gasteiger partial charge on any atom is -0.504 e. The lowest BCUT2D eigenvalue weighted by Gasteiger charge is -2.25. The van der Waals surface area contributed by atoms with Crippen LogP contribution in [0.3, 0.4) is 0 Å². The number of unbranched alkanes of at least 4 members (excludes halogenated alkanes) is 1. The van der Waals surface area contributed by atoms with Gasteiger partial charge in [0, 0.05) is 12.7 Å². The van der Waals surface area contributed by atoms with Gasteiger partial charge in [-0.15, -0.1) is 5.10 Å². The van der Waals surface area contributed by atoms with E-state index in [0.717, 1.165) is 49.2 Å². The molecule has 0 aliphatic carbocycles. The molecule has 5 rings (SSSR count). The van der Waals surface area contributed by atoms with Crippen molar-refractivity contribution >= 4 is 35.6 Å². The van der Waals surface area contributed by atoms with E-state index in [4.69, 9.17) is 14.2 Å².